The zero-order valence-electron chi connectivity index (χ0n) is 5.91. The molecule has 0 aromatic carbocycles. The van der Waals surface area contributed by atoms with Crippen molar-refractivity contribution in [1.29, 1.82) is 0 Å². The predicted octanol–water partition coefficient (Wildman–Crippen LogP) is 0.299. The molecule has 0 amide bonds. The highest BCUT2D eigenvalue weighted by molar-refractivity contribution is 5.74. The van der Waals surface area contributed by atoms with E-state index in [4.69, 9.17) is 5.11 Å². The summed E-state index contributed by atoms with van der Waals surface area (Å²) in [6.07, 6.45) is 1.77. The number of carboxylic acid groups (broad SMARTS) is 1. The lowest BCUT2D eigenvalue weighted by atomic mass is 10.2. The van der Waals surface area contributed by atoms with Crippen LogP contribution in [-0.4, -0.2) is 17.4 Å². The largest absolute Gasteiger partial charge is 0.481 e. The van der Waals surface area contributed by atoms with E-state index in [0.717, 1.165) is 0 Å². The minimum absolute atomic E-state index is 0.181. The number of hydrogen-bond donors (Lipinski definition) is 1. The summed E-state index contributed by atoms with van der Waals surface area (Å²) in [7, 11) is 0. The normalized spacial score (nSPS) is 26.5. The van der Waals surface area contributed by atoms with E-state index in [1.165, 1.54) is 0 Å². The minimum atomic E-state index is -0.747. The van der Waals surface area contributed by atoms with E-state index in [0.29, 0.717) is 19.1 Å². The molecule has 1 aliphatic rings. The Kier molecular flexibility index (Phi) is 2.27. The monoisotopic (exact) mass is 152 g/mol. The summed E-state index contributed by atoms with van der Waals surface area (Å²) in [6.45, 7) is 0. The van der Waals surface area contributed by atoms with Crippen LogP contribution in [0.3, 0.4) is 0 Å². The Labute approximate surface area is 64.4 Å². The van der Waals surface area contributed by atoms with Gasteiger partial charge < -0.3 is 5.11 Å². The van der Waals surface area contributed by atoms with Gasteiger partial charge in [-0.25, -0.2) is 0 Å². The lowest BCUT2D eigenvalue weighted by Crippen LogP contribution is -1.98. The Hall–Kier alpha value is -1.30. The van der Waals surface area contributed by atoms with E-state index in [9.17, 15) is 9.59 Å². The zero-order valence-corrected chi connectivity index (χ0v) is 5.91. The molecule has 1 fully saturated rings. The number of carboxylic acids is 1. The molecule has 2 unspecified atom stereocenters. The van der Waals surface area contributed by atoms with E-state index < -0.39 is 5.97 Å². The first kappa shape index (κ1) is 7.80. The highest BCUT2D eigenvalue weighted by atomic mass is 16.4. The van der Waals surface area contributed by atoms with Gasteiger partial charge in [0.25, 0.3) is 0 Å². The fourth-order valence-electron chi connectivity index (χ4n) is 1.01. The number of rotatable bonds is 2. The summed E-state index contributed by atoms with van der Waals surface area (Å²) in [4.78, 5) is 20.0. The van der Waals surface area contributed by atoms with Crippen molar-refractivity contribution in [3.8, 4) is 11.8 Å². The Morgan fingerprint density at radius 3 is 2.91 bits per heavy atom. The van der Waals surface area contributed by atoms with Crippen LogP contribution in [0.1, 0.15) is 12.8 Å². The fraction of sp³-hybridized carbons (Fsp3) is 0.500. The maximum atomic E-state index is 10.3. The molecular weight excluding hydrogens is 144 g/mol. The van der Waals surface area contributed by atoms with Crippen LogP contribution in [0.15, 0.2) is 0 Å². The topological polar surface area (TPSA) is 54.4 Å². The van der Waals surface area contributed by atoms with Gasteiger partial charge in [-0.3, -0.25) is 9.59 Å². The second-order valence-electron chi connectivity index (χ2n) is 2.58. The standard InChI is InChI=1S/C8H8O3/c9-4-2-1-3-6-5-7(6)8(10)11/h4,6-7H,3,5H2,(H,10,11). The average molecular weight is 152 g/mol. The van der Waals surface area contributed by atoms with Crippen molar-refractivity contribution in [1.82, 2.24) is 0 Å². The summed E-state index contributed by atoms with van der Waals surface area (Å²) < 4.78 is 0. The van der Waals surface area contributed by atoms with E-state index in [2.05, 4.69) is 11.8 Å². The molecule has 1 rings (SSSR count). The first-order valence-electron chi connectivity index (χ1n) is 3.40. The van der Waals surface area contributed by atoms with E-state index in [1.54, 1.807) is 0 Å². The first-order valence-corrected chi connectivity index (χ1v) is 3.40. The average Bonchev–Trinajstić information content (AvgIpc) is 2.68. The van der Waals surface area contributed by atoms with Gasteiger partial charge in [0.15, 0.2) is 6.29 Å². The quantitative estimate of drug-likeness (QED) is 0.457. The molecule has 0 heterocycles. The van der Waals surface area contributed by atoms with Crippen LogP contribution in [0.4, 0.5) is 0 Å². The van der Waals surface area contributed by atoms with Crippen molar-refractivity contribution in [2.45, 2.75) is 12.8 Å². The molecule has 1 aliphatic carbocycles. The molecule has 2 atom stereocenters. The van der Waals surface area contributed by atoms with Gasteiger partial charge in [0, 0.05) is 6.42 Å². The van der Waals surface area contributed by atoms with Gasteiger partial charge in [-0.05, 0) is 18.3 Å². The molecule has 1 saturated carbocycles. The Balaban J connectivity index is 2.23. The molecule has 0 radical (unpaired) electrons. The van der Waals surface area contributed by atoms with E-state index in [1.807, 2.05) is 0 Å². The van der Waals surface area contributed by atoms with Crippen LogP contribution >= 0.6 is 0 Å². The van der Waals surface area contributed by atoms with Gasteiger partial charge in [-0.15, -0.1) is 0 Å². The van der Waals surface area contributed by atoms with Gasteiger partial charge >= 0.3 is 5.97 Å². The van der Waals surface area contributed by atoms with Crippen LogP contribution < -0.4 is 0 Å². The molecule has 3 nitrogen and oxygen atoms in total. The van der Waals surface area contributed by atoms with Crippen molar-refractivity contribution >= 4 is 12.3 Å². The molecule has 0 aliphatic heterocycles. The zero-order chi connectivity index (χ0) is 8.27. The van der Waals surface area contributed by atoms with Gasteiger partial charge in [0.1, 0.15) is 0 Å². The van der Waals surface area contributed by atoms with Crippen LogP contribution in [0.2, 0.25) is 0 Å². The second kappa shape index (κ2) is 3.20. The molecule has 1 N–H and O–H groups in total. The van der Waals surface area contributed by atoms with Crippen molar-refractivity contribution in [2.75, 3.05) is 0 Å². The van der Waals surface area contributed by atoms with E-state index in [-0.39, 0.29) is 11.8 Å². The third kappa shape index (κ3) is 2.08. The summed E-state index contributed by atoms with van der Waals surface area (Å²) in [5.74, 6) is 4.08. The lowest BCUT2D eigenvalue weighted by molar-refractivity contribution is -0.138. The van der Waals surface area contributed by atoms with Gasteiger partial charge in [-0.1, -0.05) is 5.92 Å². The SMILES string of the molecule is O=CC#CCC1CC1C(=O)O. The highest BCUT2D eigenvalue weighted by Crippen LogP contribution is 2.40. The molecule has 11 heavy (non-hydrogen) atoms. The van der Waals surface area contributed by atoms with Crippen LogP contribution in [0.5, 0.6) is 0 Å². The van der Waals surface area contributed by atoms with Crippen LogP contribution in [-0.2, 0) is 9.59 Å². The second-order valence-corrected chi connectivity index (χ2v) is 2.58. The number of aldehydes is 1. The minimum Gasteiger partial charge on any atom is -0.481 e. The molecule has 0 saturated heterocycles. The molecule has 58 valence electrons. The molecule has 0 aromatic heterocycles. The summed E-state index contributed by atoms with van der Waals surface area (Å²) in [6, 6.07) is 0. The van der Waals surface area contributed by atoms with Crippen LogP contribution in [0, 0.1) is 23.7 Å². The number of carbonyl (C=O) groups excluding carboxylic acids is 1. The Morgan fingerprint density at radius 2 is 2.45 bits per heavy atom. The molecule has 0 aromatic rings. The lowest BCUT2D eigenvalue weighted by Gasteiger charge is -1.85. The Bertz CT molecular complexity index is 233. The number of carbonyl (C=O) groups is 2. The van der Waals surface area contributed by atoms with E-state index >= 15 is 0 Å². The summed E-state index contributed by atoms with van der Waals surface area (Å²) in [5, 5.41) is 8.46. The molecule has 0 bridgehead atoms. The third-order valence-corrected chi connectivity index (χ3v) is 1.77. The predicted molar refractivity (Wildman–Crippen MR) is 37.7 cm³/mol. The maximum absolute atomic E-state index is 10.3. The van der Waals surface area contributed by atoms with Crippen molar-refractivity contribution < 1.29 is 14.7 Å². The summed E-state index contributed by atoms with van der Waals surface area (Å²) in [5.41, 5.74) is 0. The van der Waals surface area contributed by atoms with Crippen molar-refractivity contribution in [3.63, 3.8) is 0 Å². The van der Waals surface area contributed by atoms with Crippen LogP contribution in [0.25, 0.3) is 0 Å². The van der Waals surface area contributed by atoms with Crippen molar-refractivity contribution in [3.05, 3.63) is 0 Å². The third-order valence-electron chi connectivity index (χ3n) is 1.77. The molecule has 3 heteroatoms. The highest BCUT2D eigenvalue weighted by Gasteiger charge is 2.42. The fourth-order valence-corrected chi connectivity index (χ4v) is 1.01. The van der Waals surface area contributed by atoms with Gasteiger partial charge in [-0.2, -0.15) is 0 Å². The summed E-state index contributed by atoms with van der Waals surface area (Å²) >= 11 is 0. The number of aliphatic carboxylic acids is 1. The van der Waals surface area contributed by atoms with Gasteiger partial charge in [0.2, 0.25) is 0 Å². The maximum Gasteiger partial charge on any atom is 0.306 e. The van der Waals surface area contributed by atoms with Gasteiger partial charge in [0.05, 0.1) is 5.92 Å². The molecular formula is C8H8O3. The van der Waals surface area contributed by atoms with Crippen molar-refractivity contribution in [2.24, 2.45) is 11.8 Å². The first-order chi connectivity index (χ1) is 5.25. The Morgan fingerprint density at radius 1 is 1.73 bits per heavy atom. The smallest absolute Gasteiger partial charge is 0.306 e. The molecule has 0 spiro atoms. The number of hydrogen-bond acceptors (Lipinski definition) is 2.